The molecule has 1 amide bonds. The number of carbonyl (C=O) groups excluding carboxylic acids is 1. The zero-order valence-electron chi connectivity index (χ0n) is 14.2. The standard InChI is InChI=1S/C17H22N6O/c1-12-19-15-6-4-3-5-14(15)17(20-12)22-7-8-23(16(24)11-22)13-9-18-21(2)10-13/h9-10H,3-8,11H2,1-2H3. The molecule has 24 heavy (non-hydrogen) atoms. The van der Waals surface area contributed by atoms with Crippen molar-refractivity contribution in [3.63, 3.8) is 0 Å². The van der Waals surface area contributed by atoms with Crippen molar-refractivity contribution in [3.8, 4) is 0 Å². The van der Waals surface area contributed by atoms with Gasteiger partial charge < -0.3 is 9.80 Å². The molecule has 0 atom stereocenters. The normalized spacial score (nSPS) is 18.0. The number of amides is 1. The summed E-state index contributed by atoms with van der Waals surface area (Å²) >= 11 is 0. The Kier molecular flexibility index (Phi) is 3.70. The van der Waals surface area contributed by atoms with E-state index in [0.29, 0.717) is 13.1 Å². The fourth-order valence-electron chi connectivity index (χ4n) is 3.63. The highest BCUT2D eigenvalue weighted by atomic mass is 16.2. The minimum atomic E-state index is 0.0927. The maximum Gasteiger partial charge on any atom is 0.246 e. The first-order valence-electron chi connectivity index (χ1n) is 8.52. The summed E-state index contributed by atoms with van der Waals surface area (Å²) in [6, 6.07) is 0. The van der Waals surface area contributed by atoms with Crippen LogP contribution in [0.3, 0.4) is 0 Å². The molecule has 0 bridgehead atoms. The van der Waals surface area contributed by atoms with Crippen LogP contribution in [-0.4, -0.2) is 45.3 Å². The second kappa shape index (κ2) is 5.89. The van der Waals surface area contributed by atoms with Crippen LogP contribution in [0.2, 0.25) is 0 Å². The van der Waals surface area contributed by atoms with E-state index < -0.39 is 0 Å². The smallest absolute Gasteiger partial charge is 0.246 e. The summed E-state index contributed by atoms with van der Waals surface area (Å²) in [5, 5.41) is 4.16. The van der Waals surface area contributed by atoms with Gasteiger partial charge in [0.1, 0.15) is 11.6 Å². The lowest BCUT2D eigenvalue weighted by Crippen LogP contribution is -2.51. The summed E-state index contributed by atoms with van der Waals surface area (Å²) in [6.07, 6.45) is 8.03. The van der Waals surface area contributed by atoms with E-state index in [9.17, 15) is 4.79 Å². The molecule has 0 radical (unpaired) electrons. The average Bonchev–Trinajstić information content (AvgIpc) is 3.00. The Morgan fingerprint density at radius 2 is 1.96 bits per heavy atom. The van der Waals surface area contributed by atoms with Crippen molar-refractivity contribution in [3.05, 3.63) is 29.5 Å². The minimum Gasteiger partial charge on any atom is -0.345 e. The lowest BCUT2D eigenvalue weighted by Gasteiger charge is -2.36. The van der Waals surface area contributed by atoms with Crippen LogP contribution in [-0.2, 0) is 24.7 Å². The number of hydrogen-bond acceptors (Lipinski definition) is 5. The van der Waals surface area contributed by atoms with E-state index >= 15 is 0 Å². The van der Waals surface area contributed by atoms with Gasteiger partial charge in [-0.1, -0.05) is 0 Å². The van der Waals surface area contributed by atoms with Gasteiger partial charge in [-0.3, -0.25) is 9.48 Å². The first kappa shape index (κ1) is 15.1. The van der Waals surface area contributed by atoms with Crippen LogP contribution >= 0.6 is 0 Å². The molecular formula is C17H22N6O. The number of fused-ring (bicyclic) bond motifs is 1. The Bertz CT molecular complexity index is 783. The zero-order chi connectivity index (χ0) is 16.7. The van der Waals surface area contributed by atoms with Crippen LogP contribution in [0.1, 0.15) is 29.9 Å². The van der Waals surface area contributed by atoms with Crippen LogP contribution in [0, 0.1) is 6.92 Å². The highest BCUT2D eigenvalue weighted by Gasteiger charge is 2.29. The Balaban J connectivity index is 1.59. The monoisotopic (exact) mass is 326 g/mol. The van der Waals surface area contributed by atoms with Gasteiger partial charge in [0.15, 0.2) is 0 Å². The largest absolute Gasteiger partial charge is 0.345 e. The lowest BCUT2D eigenvalue weighted by atomic mass is 9.96. The molecule has 7 nitrogen and oxygen atoms in total. The van der Waals surface area contributed by atoms with Crippen LogP contribution in [0.5, 0.6) is 0 Å². The topological polar surface area (TPSA) is 67.2 Å². The molecule has 3 heterocycles. The summed E-state index contributed by atoms with van der Waals surface area (Å²) in [5.41, 5.74) is 3.28. The number of aryl methyl sites for hydroxylation is 3. The van der Waals surface area contributed by atoms with Crippen molar-refractivity contribution in [2.75, 3.05) is 29.4 Å². The van der Waals surface area contributed by atoms with Gasteiger partial charge in [-0.25, -0.2) is 9.97 Å². The molecule has 126 valence electrons. The predicted molar refractivity (Wildman–Crippen MR) is 91.2 cm³/mol. The first-order valence-corrected chi connectivity index (χ1v) is 8.52. The maximum absolute atomic E-state index is 12.6. The van der Waals surface area contributed by atoms with Crippen molar-refractivity contribution < 1.29 is 4.79 Å². The molecule has 0 unspecified atom stereocenters. The number of anilines is 2. The van der Waals surface area contributed by atoms with Gasteiger partial charge in [0.25, 0.3) is 0 Å². The Hall–Kier alpha value is -2.44. The molecule has 1 aliphatic carbocycles. The number of carbonyl (C=O) groups is 1. The van der Waals surface area contributed by atoms with Crippen LogP contribution < -0.4 is 9.80 Å². The van der Waals surface area contributed by atoms with E-state index in [2.05, 4.69) is 20.0 Å². The number of piperazine rings is 1. The van der Waals surface area contributed by atoms with Crippen molar-refractivity contribution in [1.82, 2.24) is 19.7 Å². The molecule has 0 saturated carbocycles. The van der Waals surface area contributed by atoms with Gasteiger partial charge in [0.2, 0.25) is 5.91 Å². The summed E-state index contributed by atoms with van der Waals surface area (Å²) in [5.74, 6) is 1.86. The molecule has 1 aliphatic heterocycles. The van der Waals surface area contributed by atoms with E-state index in [0.717, 1.165) is 36.7 Å². The molecule has 0 aromatic carbocycles. The Labute approximate surface area is 141 Å². The maximum atomic E-state index is 12.6. The zero-order valence-corrected chi connectivity index (χ0v) is 14.2. The molecule has 1 saturated heterocycles. The van der Waals surface area contributed by atoms with Crippen molar-refractivity contribution in [1.29, 1.82) is 0 Å². The molecule has 7 heteroatoms. The van der Waals surface area contributed by atoms with Crippen molar-refractivity contribution in [2.24, 2.45) is 7.05 Å². The number of aromatic nitrogens is 4. The molecule has 0 spiro atoms. The summed E-state index contributed by atoms with van der Waals surface area (Å²) < 4.78 is 1.72. The second-order valence-electron chi connectivity index (χ2n) is 6.57. The summed E-state index contributed by atoms with van der Waals surface area (Å²) in [7, 11) is 1.86. The SMILES string of the molecule is Cc1nc2c(c(N3CCN(c4cnn(C)c4)C(=O)C3)n1)CCCC2. The molecule has 0 N–H and O–H groups in total. The lowest BCUT2D eigenvalue weighted by molar-refractivity contribution is -0.117. The Morgan fingerprint density at radius 1 is 1.12 bits per heavy atom. The van der Waals surface area contributed by atoms with E-state index in [1.54, 1.807) is 10.9 Å². The molecule has 1 fully saturated rings. The summed E-state index contributed by atoms with van der Waals surface area (Å²) in [6.45, 7) is 3.73. The van der Waals surface area contributed by atoms with E-state index in [1.807, 2.05) is 25.1 Å². The van der Waals surface area contributed by atoms with Crippen LogP contribution in [0.15, 0.2) is 12.4 Å². The highest BCUT2D eigenvalue weighted by molar-refractivity contribution is 5.97. The third-order valence-corrected chi connectivity index (χ3v) is 4.80. The second-order valence-corrected chi connectivity index (χ2v) is 6.57. The quantitative estimate of drug-likeness (QED) is 0.831. The van der Waals surface area contributed by atoms with Crippen LogP contribution in [0.25, 0.3) is 0 Å². The van der Waals surface area contributed by atoms with Gasteiger partial charge in [-0.05, 0) is 32.6 Å². The molecule has 4 rings (SSSR count). The van der Waals surface area contributed by atoms with Crippen LogP contribution in [0.4, 0.5) is 11.5 Å². The van der Waals surface area contributed by atoms with Gasteiger partial charge in [0.05, 0.1) is 18.4 Å². The predicted octanol–water partition coefficient (Wildman–Crippen LogP) is 1.25. The van der Waals surface area contributed by atoms with Gasteiger partial charge >= 0.3 is 0 Å². The molecule has 2 aromatic heterocycles. The van der Waals surface area contributed by atoms with E-state index in [4.69, 9.17) is 0 Å². The van der Waals surface area contributed by atoms with E-state index in [-0.39, 0.29) is 5.91 Å². The van der Waals surface area contributed by atoms with Gasteiger partial charge in [0, 0.05) is 37.6 Å². The average molecular weight is 326 g/mol. The third kappa shape index (κ3) is 2.64. The van der Waals surface area contributed by atoms with Crippen molar-refractivity contribution in [2.45, 2.75) is 32.6 Å². The highest BCUT2D eigenvalue weighted by Crippen LogP contribution is 2.29. The van der Waals surface area contributed by atoms with Crippen molar-refractivity contribution >= 4 is 17.4 Å². The van der Waals surface area contributed by atoms with E-state index in [1.165, 1.54) is 24.1 Å². The molecular weight excluding hydrogens is 304 g/mol. The third-order valence-electron chi connectivity index (χ3n) is 4.80. The fourth-order valence-corrected chi connectivity index (χ4v) is 3.63. The number of hydrogen-bond donors (Lipinski definition) is 0. The van der Waals surface area contributed by atoms with Gasteiger partial charge in [-0.2, -0.15) is 5.10 Å². The number of nitrogens with zero attached hydrogens (tertiary/aromatic N) is 6. The Morgan fingerprint density at radius 3 is 2.71 bits per heavy atom. The minimum absolute atomic E-state index is 0.0927. The van der Waals surface area contributed by atoms with Gasteiger partial charge in [-0.15, -0.1) is 0 Å². The molecule has 2 aromatic rings. The first-order chi connectivity index (χ1) is 11.6. The number of rotatable bonds is 2. The fraction of sp³-hybridized carbons (Fsp3) is 0.529. The molecule has 2 aliphatic rings. The summed E-state index contributed by atoms with van der Waals surface area (Å²) in [4.78, 5) is 25.9.